The highest BCUT2D eigenvalue weighted by Crippen LogP contribution is 2.59. The van der Waals surface area contributed by atoms with Crippen LogP contribution in [-0.4, -0.2) is 35.7 Å². The molecule has 1 aromatic heterocycles. The van der Waals surface area contributed by atoms with E-state index in [1.54, 1.807) is 0 Å². The van der Waals surface area contributed by atoms with E-state index in [0.29, 0.717) is 17.6 Å². The van der Waals surface area contributed by atoms with Gasteiger partial charge in [0, 0.05) is 37.1 Å². The summed E-state index contributed by atoms with van der Waals surface area (Å²) in [6, 6.07) is 0.591. The molecule has 0 saturated heterocycles. The Morgan fingerprint density at radius 2 is 2.24 bits per heavy atom. The number of ether oxygens (including phenoxy) is 1. The summed E-state index contributed by atoms with van der Waals surface area (Å²) in [4.78, 5) is 6.80. The SMILES string of the molecule is CO[C@H]1C[C@H](N(C)c2nc(C)ns2)C12CCC2. The number of nitrogens with zero attached hydrogens (tertiary/aromatic N) is 3. The van der Waals surface area contributed by atoms with Crippen molar-refractivity contribution in [2.45, 2.75) is 44.8 Å². The van der Waals surface area contributed by atoms with E-state index in [4.69, 9.17) is 4.74 Å². The van der Waals surface area contributed by atoms with E-state index in [9.17, 15) is 0 Å². The van der Waals surface area contributed by atoms with Crippen molar-refractivity contribution < 1.29 is 4.74 Å². The maximum Gasteiger partial charge on any atom is 0.205 e. The van der Waals surface area contributed by atoms with Crippen LogP contribution in [0.15, 0.2) is 0 Å². The molecule has 0 aromatic carbocycles. The van der Waals surface area contributed by atoms with E-state index in [1.807, 2.05) is 14.0 Å². The summed E-state index contributed by atoms with van der Waals surface area (Å²) in [7, 11) is 3.99. The molecule has 0 radical (unpaired) electrons. The van der Waals surface area contributed by atoms with Crippen LogP contribution in [0.1, 0.15) is 31.5 Å². The lowest BCUT2D eigenvalue weighted by Crippen LogP contribution is -2.67. The molecule has 0 N–H and O–H groups in total. The third kappa shape index (κ3) is 1.52. The van der Waals surface area contributed by atoms with Crippen molar-refractivity contribution in [3.63, 3.8) is 0 Å². The van der Waals surface area contributed by atoms with Crippen molar-refractivity contribution in [2.75, 3.05) is 19.1 Å². The quantitative estimate of drug-likeness (QED) is 0.828. The van der Waals surface area contributed by atoms with Gasteiger partial charge in [0.2, 0.25) is 5.13 Å². The Morgan fingerprint density at radius 3 is 2.71 bits per heavy atom. The van der Waals surface area contributed by atoms with Crippen molar-refractivity contribution in [3.05, 3.63) is 5.82 Å². The highest BCUT2D eigenvalue weighted by Gasteiger charge is 2.60. The number of hydrogen-bond acceptors (Lipinski definition) is 5. The third-order valence-corrected chi connectivity index (χ3v) is 5.50. The number of hydrogen-bond donors (Lipinski definition) is 0. The minimum absolute atomic E-state index is 0.406. The Balaban J connectivity index is 1.77. The molecular weight excluding hydrogens is 234 g/mol. The average molecular weight is 253 g/mol. The molecule has 94 valence electrons. The number of methoxy groups -OCH3 is 1. The highest BCUT2D eigenvalue weighted by molar-refractivity contribution is 7.09. The predicted octanol–water partition coefficient (Wildman–Crippen LogP) is 2.24. The molecule has 3 rings (SSSR count). The number of aryl methyl sites for hydroxylation is 1. The summed E-state index contributed by atoms with van der Waals surface area (Å²) in [6.45, 7) is 1.95. The van der Waals surface area contributed by atoms with Gasteiger partial charge in [0.1, 0.15) is 5.82 Å². The summed E-state index contributed by atoms with van der Waals surface area (Å²) in [5.41, 5.74) is 0.406. The van der Waals surface area contributed by atoms with Gasteiger partial charge in [-0.2, -0.15) is 4.37 Å². The maximum absolute atomic E-state index is 5.61. The number of aromatic nitrogens is 2. The van der Waals surface area contributed by atoms with Crippen LogP contribution in [0.4, 0.5) is 5.13 Å². The predicted molar refractivity (Wildman–Crippen MR) is 68.5 cm³/mol. The molecule has 2 aliphatic rings. The standard InChI is InChI=1S/C12H19N3OS/c1-8-13-11(17-14-8)15(2)9-7-10(16-3)12(9)5-4-6-12/h9-10H,4-7H2,1-3H3/t9-,10-/m0/s1. The fourth-order valence-corrected chi connectivity index (χ4v) is 4.09. The van der Waals surface area contributed by atoms with Gasteiger partial charge in [0.05, 0.1) is 6.10 Å². The van der Waals surface area contributed by atoms with Crippen LogP contribution in [0.5, 0.6) is 0 Å². The molecule has 1 spiro atoms. The van der Waals surface area contributed by atoms with Crippen LogP contribution < -0.4 is 4.90 Å². The first-order valence-corrected chi connectivity index (χ1v) is 7.00. The van der Waals surface area contributed by atoms with Crippen molar-refractivity contribution in [1.82, 2.24) is 9.36 Å². The zero-order valence-electron chi connectivity index (χ0n) is 10.6. The van der Waals surface area contributed by atoms with Gasteiger partial charge < -0.3 is 9.64 Å². The first-order chi connectivity index (χ1) is 8.17. The Hall–Kier alpha value is -0.680. The average Bonchev–Trinajstić information content (AvgIpc) is 2.61. The van der Waals surface area contributed by atoms with Crippen LogP contribution in [-0.2, 0) is 4.74 Å². The van der Waals surface area contributed by atoms with E-state index in [1.165, 1.54) is 30.8 Å². The smallest absolute Gasteiger partial charge is 0.205 e. The van der Waals surface area contributed by atoms with Gasteiger partial charge in [0.15, 0.2) is 0 Å². The molecule has 1 heterocycles. The van der Waals surface area contributed by atoms with Gasteiger partial charge in [-0.15, -0.1) is 0 Å². The zero-order valence-corrected chi connectivity index (χ0v) is 11.5. The van der Waals surface area contributed by atoms with Gasteiger partial charge in [-0.05, 0) is 26.2 Å². The van der Waals surface area contributed by atoms with E-state index in [2.05, 4.69) is 21.3 Å². The fraction of sp³-hybridized carbons (Fsp3) is 0.833. The van der Waals surface area contributed by atoms with Crippen LogP contribution in [0.3, 0.4) is 0 Å². The molecule has 17 heavy (non-hydrogen) atoms. The van der Waals surface area contributed by atoms with Gasteiger partial charge in [-0.25, -0.2) is 4.98 Å². The highest BCUT2D eigenvalue weighted by atomic mass is 32.1. The van der Waals surface area contributed by atoms with Gasteiger partial charge in [-0.1, -0.05) is 6.42 Å². The summed E-state index contributed by atoms with van der Waals surface area (Å²) in [6.07, 6.45) is 5.54. The normalized spacial score (nSPS) is 29.8. The fourth-order valence-electron chi connectivity index (χ4n) is 3.40. The minimum Gasteiger partial charge on any atom is -0.381 e. The summed E-state index contributed by atoms with van der Waals surface area (Å²) >= 11 is 1.50. The lowest BCUT2D eigenvalue weighted by atomic mass is 9.50. The van der Waals surface area contributed by atoms with Crippen molar-refractivity contribution in [3.8, 4) is 0 Å². The zero-order chi connectivity index (χ0) is 12.0. The number of anilines is 1. The second-order valence-electron chi connectivity index (χ2n) is 5.30. The van der Waals surface area contributed by atoms with Crippen LogP contribution in [0.2, 0.25) is 0 Å². The molecule has 5 heteroatoms. The second-order valence-corrected chi connectivity index (χ2v) is 6.03. The molecule has 2 atom stereocenters. The van der Waals surface area contributed by atoms with E-state index < -0.39 is 0 Å². The Morgan fingerprint density at radius 1 is 1.47 bits per heavy atom. The second kappa shape index (κ2) is 3.92. The number of rotatable bonds is 3. The van der Waals surface area contributed by atoms with Crippen molar-refractivity contribution >= 4 is 16.7 Å². The minimum atomic E-state index is 0.406. The van der Waals surface area contributed by atoms with Crippen molar-refractivity contribution in [2.24, 2.45) is 5.41 Å². The van der Waals surface area contributed by atoms with Crippen LogP contribution in [0.25, 0.3) is 0 Å². The molecule has 0 bridgehead atoms. The van der Waals surface area contributed by atoms with Gasteiger partial charge in [0.25, 0.3) is 0 Å². The van der Waals surface area contributed by atoms with Crippen molar-refractivity contribution in [1.29, 1.82) is 0 Å². The Bertz CT molecular complexity index is 416. The van der Waals surface area contributed by atoms with Gasteiger partial charge in [-0.3, -0.25) is 0 Å². The van der Waals surface area contributed by atoms with E-state index in [-0.39, 0.29) is 0 Å². The largest absolute Gasteiger partial charge is 0.381 e. The van der Waals surface area contributed by atoms with Crippen LogP contribution in [0, 0.1) is 12.3 Å². The molecule has 0 amide bonds. The Labute approximate surface area is 106 Å². The third-order valence-electron chi connectivity index (χ3n) is 4.60. The summed E-state index contributed by atoms with van der Waals surface area (Å²) in [5, 5.41) is 1.05. The van der Waals surface area contributed by atoms with E-state index >= 15 is 0 Å². The first kappa shape index (κ1) is 11.4. The molecule has 4 nitrogen and oxygen atoms in total. The monoisotopic (exact) mass is 253 g/mol. The lowest BCUT2D eigenvalue weighted by Gasteiger charge is -2.62. The molecule has 2 fully saturated rings. The molecule has 0 unspecified atom stereocenters. The van der Waals surface area contributed by atoms with Gasteiger partial charge >= 0.3 is 0 Å². The molecular formula is C12H19N3OS. The molecule has 2 aliphatic carbocycles. The Kier molecular flexibility index (Phi) is 2.63. The molecule has 2 saturated carbocycles. The summed E-state index contributed by atoms with van der Waals surface area (Å²) < 4.78 is 9.87. The lowest BCUT2D eigenvalue weighted by molar-refractivity contribution is -0.152. The van der Waals surface area contributed by atoms with E-state index in [0.717, 1.165) is 17.4 Å². The molecule has 1 aromatic rings. The summed E-state index contributed by atoms with van der Waals surface area (Å²) in [5.74, 6) is 0.877. The molecule has 0 aliphatic heterocycles. The van der Waals surface area contributed by atoms with Crippen LogP contribution >= 0.6 is 11.5 Å². The first-order valence-electron chi connectivity index (χ1n) is 6.23. The maximum atomic E-state index is 5.61. The topological polar surface area (TPSA) is 38.2 Å².